The molecule has 0 saturated heterocycles. The van der Waals surface area contributed by atoms with E-state index in [1.165, 1.54) is 35.1 Å². The average molecular weight is 399 g/mol. The van der Waals surface area contributed by atoms with Crippen molar-refractivity contribution >= 4 is 11.5 Å². The Bertz CT molecular complexity index is 1160. The Hall–Kier alpha value is -3.53. The van der Waals surface area contributed by atoms with Crippen LogP contribution in [0.25, 0.3) is 16.6 Å². The lowest BCUT2D eigenvalue weighted by Crippen LogP contribution is -2.12. The van der Waals surface area contributed by atoms with E-state index >= 15 is 0 Å². The van der Waals surface area contributed by atoms with Gasteiger partial charge in [0.1, 0.15) is 5.75 Å². The summed E-state index contributed by atoms with van der Waals surface area (Å²) >= 11 is 0. The summed E-state index contributed by atoms with van der Waals surface area (Å²) in [7, 11) is 1.36. The number of aromatic nitrogens is 1. The van der Waals surface area contributed by atoms with E-state index in [-0.39, 0.29) is 6.61 Å². The van der Waals surface area contributed by atoms with Gasteiger partial charge in [-0.1, -0.05) is 61.5 Å². The fourth-order valence-electron chi connectivity index (χ4n) is 3.86. The van der Waals surface area contributed by atoms with E-state index in [1.54, 1.807) is 0 Å². The van der Waals surface area contributed by atoms with Crippen molar-refractivity contribution in [2.24, 2.45) is 0 Å². The van der Waals surface area contributed by atoms with E-state index in [0.29, 0.717) is 5.75 Å². The van der Waals surface area contributed by atoms with Gasteiger partial charge in [-0.15, -0.1) is 0 Å². The van der Waals surface area contributed by atoms with Gasteiger partial charge in [-0.3, -0.25) is 0 Å². The highest BCUT2D eigenvalue weighted by Crippen LogP contribution is 2.30. The molecule has 0 unspecified atom stereocenters. The van der Waals surface area contributed by atoms with Gasteiger partial charge in [-0.25, -0.2) is 4.79 Å². The van der Waals surface area contributed by atoms with Gasteiger partial charge in [0.25, 0.3) is 0 Å². The van der Waals surface area contributed by atoms with Gasteiger partial charge in [0, 0.05) is 18.3 Å². The van der Waals surface area contributed by atoms with E-state index in [9.17, 15) is 4.79 Å². The highest BCUT2D eigenvalue weighted by Gasteiger charge is 2.15. The number of nitrogens with zero attached hydrogens (tertiary/aromatic N) is 1. The molecule has 2 aromatic heterocycles. The second kappa shape index (κ2) is 8.87. The monoisotopic (exact) mass is 399 g/mol. The van der Waals surface area contributed by atoms with Crippen molar-refractivity contribution in [1.82, 2.24) is 4.40 Å². The molecule has 4 nitrogen and oxygen atoms in total. The van der Waals surface area contributed by atoms with Gasteiger partial charge in [-0.05, 0) is 46.9 Å². The summed E-state index contributed by atoms with van der Waals surface area (Å²) in [6.07, 6.45) is 3.78. The molecule has 4 aromatic rings. The second-order valence-corrected chi connectivity index (χ2v) is 7.16. The zero-order chi connectivity index (χ0) is 20.9. The normalized spacial score (nSPS) is 10.9. The lowest BCUT2D eigenvalue weighted by molar-refractivity contribution is -0.142. The number of esters is 1. The van der Waals surface area contributed by atoms with Crippen LogP contribution in [0.2, 0.25) is 0 Å². The van der Waals surface area contributed by atoms with Crippen LogP contribution in [0, 0.1) is 0 Å². The van der Waals surface area contributed by atoms with E-state index in [4.69, 9.17) is 9.47 Å². The van der Waals surface area contributed by atoms with Crippen LogP contribution in [0.4, 0.5) is 0 Å². The highest BCUT2D eigenvalue weighted by atomic mass is 16.6. The number of methoxy groups -OCH3 is 1. The van der Waals surface area contributed by atoms with E-state index in [1.807, 2.05) is 18.2 Å². The summed E-state index contributed by atoms with van der Waals surface area (Å²) < 4.78 is 12.6. The zero-order valence-electron chi connectivity index (χ0n) is 17.3. The molecule has 2 heterocycles. The van der Waals surface area contributed by atoms with Crippen LogP contribution in [0.3, 0.4) is 0 Å². The number of carbonyl (C=O) groups excluding carboxylic acids is 1. The Morgan fingerprint density at radius 2 is 1.70 bits per heavy atom. The molecule has 0 aliphatic heterocycles. The predicted molar refractivity (Wildman–Crippen MR) is 119 cm³/mol. The molecule has 4 heteroatoms. The predicted octanol–water partition coefficient (Wildman–Crippen LogP) is 5.31. The Labute approximate surface area is 176 Å². The van der Waals surface area contributed by atoms with Crippen LogP contribution in [0.15, 0.2) is 79.0 Å². The molecule has 0 fully saturated rings. The number of ether oxygens (including phenoxy) is 2. The quantitative estimate of drug-likeness (QED) is 0.395. The fraction of sp³-hybridized carbons (Fsp3) is 0.192. The summed E-state index contributed by atoms with van der Waals surface area (Å²) in [6, 6.07) is 25.0. The summed E-state index contributed by atoms with van der Waals surface area (Å²) in [4.78, 5) is 11.5. The van der Waals surface area contributed by atoms with E-state index in [2.05, 4.69) is 72.1 Å². The first-order valence-electron chi connectivity index (χ1n) is 10.2. The number of carbonyl (C=O) groups is 1. The number of fused-ring (bicyclic) bond motifs is 1. The average Bonchev–Trinajstić information content (AvgIpc) is 3.16. The maximum atomic E-state index is 11.5. The van der Waals surface area contributed by atoms with Crippen LogP contribution in [-0.2, 0) is 22.4 Å². The van der Waals surface area contributed by atoms with Crippen LogP contribution in [0.5, 0.6) is 5.75 Å². The lowest BCUT2D eigenvalue weighted by Gasteiger charge is -2.12. The van der Waals surface area contributed by atoms with Crippen molar-refractivity contribution in [3.8, 4) is 16.9 Å². The van der Waals surface area contributed by atoms with Crippen LogP contribution >= 0.6 is 0 Å². The third-order valence-corrected chi connectivity index (χ3v) is 5.38. The summed E-state index contributed by atoms with van der Waals surface area (Å²) in [5, 5.41) is 0. The number of hydrogen-bond donors (Lipinski definition) is 0. The minimum Gasteiger partial charge on any atom is -0.480 e. The van der Waals surface area contributed by atoms with Crippen LogP contribution < -0.4 is 4.74 Å². The number of benzene rings is 2. The summed E-state index contributed by atoms with van der Waals surface area (Å²) in [6.45, 7) is 2.06. The minimum absolute atomic E-state index is 0.102. The van der Waals surface area contributed by atoms with Gasteiger partial charge in [0.05, 0.1) is 12.6 Å². The maximum absolute atomic E-state index is 11.5. The minimum atomic E-state index is -0.392. The van der Waals surface area contributed by atoms with Crippen LogP contribution in [0.1, 0.15) is 23.7 Å². The molecular formula is C26H25NO3. The van der Waals surface area contributed by atoms with Crippen LogP contribution in [-0.4, -0.2) is 24.1 Å². The molecule has 0 amide bonds. The number of aryl methyl sites for hydroxylation is 1. The Morgan fingerprint density at radius 1 is 0.933 bits per heavy atom. The largest absolute Gasteiger partial charge is 0.480 e. The molecule has 0 N–H and O–H groups in total. The van der Waals surface area contributed by atoms with Gasteiger partial charge < -0.3 is 13.9 Å². The SMILES string of the molecule is CCc1cc2c(OCC(=O)OC)cccn2c1Cc1ccccc1-c1ccccc1. The van der Waals surface area contributed by atoms with Crippen molar-refractivity contribution in [1.29, 1.82) is 0 Å². The Balaban J connectivity index is 1.75. The summed E-state index contributed by atoms with van der Waals surface area (Å²) in [5.41, 5.74) is 7.21. The third kappa shape index (κ3) is 3.94. The molecule has 0 bridgehead atoms. The number of rotatable bonds is 7. The first kappa shape index (κ1) is 19.8. The molecule has 4 rings (SSSR count). The molecule has 0 atom stereocenters. The van der Waals surface area contributed by atoms with E-state index < -0.39 is 5.97 Å². The van der Waals surface area contributed by atoms with Crippen molar-refractivity contribution in [3.05, 3.63) is 95.8 Å². The highest BCUT2D eigenvalue weighted by molar-refractivity contribution is 5.72. The number of hydrogen-bond acceptors (Lipinski definition) is 3. The van der Waals surface area contributed by atoms with Crippen molar-refractivity contribution in [3.63, 3.8) is 0 Å². The molecule has 0 aliphatic carbocycles. The van der Waals surface area contributed by atoms with Gasteiger partial charge in [0.2, 0.25) is 0 Å². The Morgan fingerprint density at radius 3 is 2.47 bits per heavy atom. The molecule has 152 valence electrons. The molecule has 0 aliphatic rings. The molecule has 0 saturated carbocycles. The van der Waals surface area contributed by atoms with Gasteiger partial charge in [-0.2, -0.15) is 0 Å². The van der Waals surface area contributed by atoms with Gasteiger partial charge >= 0.3 is 5.97 Å². The van der Waals surface area contributed by atoms with Crippen molar-refractivity contribution in [2.45, 2.75) is 19.8 Å². The van der Waals surface area contributed by atoms with Crippen molar-refractivity contribution in [2.75, 3.05) is 13.7 Å². The first-order chi connectivity index (χ1) is 14.7. The number of pyridine rings is 1. The van der Waals surface area contributed by atoms with Gasteiger partial charge in [0.15, 0.2) is 6.61 Å². The third-order valence-electron chi connectivity index (χ3n) is 5.38. The molecule has 0 radical (unpaired) electrons. The lowest BCUT2D eigenvalue weighted by atomic mass is 9.95. The maximum Gasteiger partial charge on any atom is 0.343 e. The first-order valence-corrected chi connectivity index (χ1v) is 10.2. The fourth-order valence-corrected chi connectivity index (χ4v) is 3.86. The topological polar surface area (TPSA) is 39.9 Å². The Kier molecular flexibility index (Phi) is 5.84. The standard InChI is InChI=1S/C26H25NO3/c1-3-19-16-24-25(30-18-26(28)29-2)14-9-15-27(24)23(19)17-21-12-7-8-13-22(21)20-10-5-4-6-11-20/h4-16H,3,17-18H2,1-2H3. The van der Waals surface area contributed by atoms with Crippen molar-refractivity contribution < 1.29 is 14.3 Å². The zero-order valence-corrected chi connectivity index (χ0v) is 17.3. The molecule has 0 spiro atoms. The molecular weight excluding hydrogens is 374 g/mol. The van der Waals surface area contributed by atoms with E-state index in [0.717, 1.165) is 18.4 Å². The summed E-state index contributed by atoms with van der Waals surface area (Å²) in [5.74, 6) is 0.288. The molecule has 30 heavy (non-hydrogen) atoms. The smallest absolute Gasteiger partial charge is 0.343 e. The second-order valence-electron chi connectivity index (χ2n) is 7.16. The molecule has 2 aromatic carbocycles.